The molecule has 3 rings (SSSR count). The molecule has 0 fully saturated rings. The Morgan fingerprint density at radius 3 is 2.05 bits per heavy atom. The van der Waals surface area contributed by atoms with E-state index in [1.165, 1.54) is 0 Å². The van der Waals surface area contributed by atoms with Gasteiger partial charge < -0.3 is 4.90 Å². The second kappa shape index (κ2) is 4.69. The minimum Gasteiger partial charge on any atom is -0.328 e. The Morgan fingerprint density at radius 1 is 0.789 bits per heavy atom. The van der Waals surface area contributed by atoms with Crippen LogP contribution in [0.1, 0.15) is 5.69 Å². The summed E-state index contributed by atoms with van der Waals surface area (Å²) in [5.41, 5.74) is 3.90. The Hall–Kier alpha value is -2.42. The molecule has 0 saturated heterocycles. The van der Waals surface area contributed by atoms with Crippen LogP contribution in [-0.2, 0) is 0 Å². The fourth-order valence-electron chi connectivity index (χ4n) is 2.17. The first-order valence-electron chi connectivity index (χ1n) is 6.28. The number of anilines is 2. The van der Waals surface area contributed by atoms with Crippen molar-refractivity contribution in [3.63, 3.8) is 0 Å². The lowest BCUT2D eigenvalue weighted by Crippen LogP contribution is -2.13. The zero-order chi connectivity index (χ0) is 13.2. The summed E-state index contributed by atoms with van der Waals surface area (Å²) in [5.74, 6) is 0.893. The Bertz CT molecular complexity index is 708. The highest BCUT2D eigenvalue weighted by molar-refractivity contribution is 5.77. The van der Waals surface area contributed by atoms with Gasteiger partial charge in [0.05, 0.1) is 16.7 Å². The molecule has 3 nitrogen and oxygen atoms in total. The summed E-state index contributed by atoms with van der Waals surface area (Å²) in [6, 6.07) is 18.1. The van der Waals surface area contributed by atoms with E-state index < -0.39 is 0 Å². The molecular weight excluding hydrogens is 234 g/mol. The molecule has 0 bridgehead atoms. The molecule has 0 aliphatic carbocycles. The number of benzene rings is 2. The molecule has 94 valence electrons. The number of fused-ring (bicyclic) bond motifs is 1. The van der Waals surface area contributed by atoms with Gasteiger partial charge in [0.2, 0.25) is 0 Å². The van der Waals surface area contributed by atoms with Crippen LogP contribution in [0.25, 0.3) is 11.0 Å². The van der Waals surface area contributed by atoms with Crippen molar-refractivity contribution in [3.8, 4) is 0 Å². The fraction of sp³-hybridized carbons (Fsp3) is 0.125. The molecule has 3 aromatic rings. The standard InChI is InChI=1S/C16H15N3/c1-12-16(19(2)13-8-4-3-5-9-13)18-15-11-7-6-10-14(15)17-12/h3-11H,1-2H3. The lowest BCUT2D eigenvalue weighted by Gasteiger charge is -2.20. The van der Waals surface area contributed by atoms with Gasteiger partial charge in [-0.3, -0.25) is 0 Å². The van der Waals surface area contributed by atoms with Gasteiger partial charge in [-0.05, 0) is 31.2 Å². The molecule has 3 heteroatoms. The highest BCUT2D eigenvalue weighted by atomic mass is 15.2. The predicted molar refractivity (Wildman–Crippen MR) is 78.8 cm³/mol. The summed E-state index contributed by atoms with van der Waals surface area (Å²) in [5, 5.41) is 0. The highest BCUT2D eigenvalue weighted by Gasteiger charge is 2.10. The van der Waals surface area contributed by atoms with Crippen molar-refractivity contribution < 1.29 is 0 Å². The van der Waals surface area contributed by atoms with E-state index in [-0.39, 0.29) is 0 Å². The largest absolute Gasteiger partial charge is 0.328 e. The highest BCUT2D eigenvalue weighted by Crippen LogP contribution is 2.25. The number of hydrogen-bond donors (Lipinski definition) is 0. The molecule has 0 aliphatic heterocycles. The zero-order valence-electron chi connectivity index (χ0n) is 11.0. The van der Waals surface area contributed by atoms with Gasteiger partial charge in [-0.25, -0.2) is 9.97 Å². The number of hydrogen-bond acceptors (Lipinski definition) is 3. The van der Waals surface area contributed by atoms with Gasteiger partial charge in [0.1, 0.15) is 0 Å². The number of nitrogens with zero attached hydrogens (tertiary/aromatic N) is 3. The van der Waals surface area contributed by atoms with E-state index >= 15 is 0 Å². The van der Waals surface area contributed by atoms with Crippen molar-refractivity contribution in [3.05, 3.63) is 60.3 Å². The van der Waals surface area contributed by atoms with Crippen LogP contribution >= 0.6 is 0 Å². The maximum absolute atomic E-state index is 4.71. The number of aryl methyl sites for hydroxylation is 1. The van der Waals surface area contributed by atoms with Crippen molar-refractivity contribution in [1.29, 1.82) is 0 Å². The number of aromatic nitrogens is 2. The van der Waals surface area contributed by atoms with Crippen LogP contribution in [0.15, 0.2) is 54.6 Å². The maximum atomic E-state index is 4.71. The molecule has 0 spiro atoms. The Labute approximate surface area is 112 Å². The average molecular weight is 249 g/mol. The van der Waals surface area contributed by atoms with E-state index in [0.29, 0.717) is 0 Å². The summed E-state index contributed by atoms with van der Waals surface area (Å²) in [4.78, 5) is 11.4. The molecular formula is C16H15N3. The average Bonchev–Trinajstić information content (AvgIpc) is 2.47. The van der Waals surface area contributed by atoms with Crippen molar-refractivity contribution in [2.45, 2.75) is 6.92 Å². The molecule has 0 atom stereocenters. The minimum atomic E-state index is 0.893. The normalized spacial score (nSPS) is 10.6. The third kappa shape index (κ3) is 2.15. The smallest absolute Gasteiger partial charge is 0.154 e. The van der Waals surface area contributed by atoms with Crippen LogP contribution in [0.4, 0.5) is 11.5 Å². The van der Waals surface area contributed by atoms with E-state index in [9.17, 15) is 0 Å². The van der Waals surface area contributed by atoms with E-state index in [1.54, 1.807) is 0 Å². The van der Waals surface area contributed by atoms with E-state index in [4.69, 9.17) is 4.98 Å². The lowest BCUT2D eigenvalue weighted by atomic mass is 10.2. The minimum absolute atomic E-state index is 0.893. The van der Waals surface area contributed by atoms with E-state index in [0.717, 1.165) is 28.2 Å². The molecule has 1 heterocycles. The summed E-state index contributed by atoms with van der Waals surface area (Å²) >= 11 is 0. The zero-order valence-corrected chi connectivity index (χ0v) is 11.0. The molecule has 0 unspecified atom stereocenters. The second-order valence-electron chi connectivity index (χ2n) is 4.52. The van der Waals surface area contributed by atoms with Gasteiger partial charge in [-0.2, -0.15) is 0 Å². The van der Waals surface area contributed by atoms with Crippen LogP contribution in [0.2, 0.25) is 0 Å². The van der Waals surface area contributed by atoms with Gasteiger partial charge in [0, 0.05) is 12.7 Å². The Kier molecular flexibility index (Phi) is 2.88. The molecule has 2 aromatic carbocycles. The van der Waals surface area contributed by atoms with Crippen molar-refractivity contribution in [2.24, 2.45) is 0 Å². The SMILES string of the molecule is Cc1nc2ccccc2nc1N(C)c1ccccc1. The van der Waals surface area contributed by atoms with E-state index in [1.807, 2.05) is 56.4 Å². The quantitative estimate of drug-likeness (QED) is 0.693. The Morgan fingerprint density at radius 2 is 1.37 bits per heavy atom. The molecule has 0 aliphatic rings. The molecule has 0 amide bonds. The van der Waals surface area contributed by atoms with Crippen LogP contribution in [0, 0.1) is 6.92 Å². The molecule has 0 radical (unpaired) electrons. The predicted octanol–water partition coefficient (Wildman–Crippen LogP) is 3.71. The van der Waals surface area contributed by atoms with Crippen molar-refractivity contribution in [2.75, 3.05) is 11.9 Å². The summed E-state index contributed by atoms with van der Waals surface area (Å²) in [6.45, 7) is 1.99. The first kappa shape index (κ1) is 11.7. The molecule has 19 heavy (non-hydrogen) atoms. The van der Waals surface area contributed by atoms with Gasteiger partial charge in [0.15, 0.2) is 5.82 Å². The summed E-state index contributed by atoms with van der Waals surface area (Å²) in [7, 11) is 2.02. The summed E-state index contributed by atoms with van der Waals surface area (Å²) < 4.78 is 0. The monoisotopic (exact) mass is 249 g/mol. The second-order valence-corrected chi connectivity index (χ2v) is 4.52. The number of para-hydroxylation sites is 3. The third-order valence-corrected chi connectivity index (χ3v) is 3.18. The number of rotatable bonds is 2. The van der Waals surface area contributed by atoms with Crippen molar-refractivity contribution >= 4 is 22.5 Å². The molecule has 1 aromatic heterocycles. The first-order chi connectivity index (χ1) is 9.25. The van der Waals surface area contributed by atoms with Gasteiger partial charge in [-0.15, -0.1) is 0 Å². The maximum Gasteiger partial charge on any atom is 0.154 e. The van der Waals surface area contributed by atoms with Crippen LogP contribution < -0.4 is 4.90 Å². The molecule has 0 N–H and O–H groups in total. The van der Waals surface area contributed by atoms with Crippen molar-refractivity contribution in [1.82, 2.24) is 9.97 Å². The van der Waals surface area contributed by atoms with Crippen LogP contribution in [0.5, 0.6) is 0 Å². The van der Waals surface area contributed by atoms with Crippen LogP contribution in [0.3, 0.4) is 0 Å². The Balaban J connectivity index is 2.12. The van der Waals surface area contributed by atoms with Crippen LogP contribution in [-0.4, -0.2) is 17.0 Å². The molecule has 0 saturated carbocycles. The topological polar surface area (TPSA) is 29.0 Å². The first-order valence-corrected chi connectivity index (χ1v) is 6.28. The third-order valence-electron chi connectivity index (χ3n) is 3.18. The van der Waals surface area contributed by atoms with Gasteiger partial charge >= 0.3 is 0 Å². The van der Waals surface area contributed by atoms with Gasteiger partial charge in [0.25, 0.3) is 0 Å². The summed E-state index contributed by atoms with van der Waals surface area (Å²) in [6.07, 6.45) is 0. The van der Waals surface area contributed by atoms with Gasteiger partial charge in [-0.1, -0.05) is 30.3 Å². The van der Waals surface area contributed by atoms with E-state index in [2.05, 4.69) is 22.0 Å². The lowest BCUT2D eigenvalue weighted by molar-refractivity contribution is 1.08. The fourth-order valence-corrected chi connectivity index (χ4v) is 2.17.